The normalized spacial score (nSPS) is 10.1. The average molecular weight is 215 g/mol. The Labute approximate surface area is 94.0 Å². The van der Waals surface area contributed by atoms with Crippen LogP contribution in [0.2, 0.25) is 0 Å². The molecule has 0 aliphatic carbocycles. The first kappa shape index (κ1) is 10.5. The smallest absolute Gasteiger partial charge is 0.148 e. The Balaban J connectivity index is 2.13. The van der Waals surface area contributed by atoms with Crippen molar-refractivity contribution in [1.82, 2.24) is 20.2 Å². The van der Waals surface area contributed by atoms with Gasteiger partial charge in [0.2, 0.25) is 0 Å². The summed E-state index contributed by atoms with van der Waals surface area (Å²) in [6, 6.07) is 3.81. The molecular weight excluding hydrogens is 202 g/mol. The molecule has 5 nitrogen and oxygen atoms in total. The third kappa shape index (κ3) is 2.50. The van der Waals surface area contributed by atoms with E-state index in [-0.39, 0.29) is 0 Å². The van der Waals surface area contributed by atoms with Crippen molar-refractivity contribution in [3.8, 4) is 11.3 Å². The molecular formula is C11H13N5. The summed E-state index contributed by atoms with van der Waals surface area (Å²) in [4.78, 5) is 7.88. The van der Waals surface area contributed by atoms with Crippen LogP contribution < -0.4 is 5.32 Å². The van der Waals surface area contributed by atoms with E-state index in [1.54, 1.807) is 12.4 Å². The fourth-order valence-electron chi connectivity index (χ4n) is 1.26. The monoisotopic (exact) mass is 215 g/mol. The number of hydrogen-bond acceptors (Lipinski definition) is 5. The molecule has 1 N–H and O–H groups in total. The molecule has 0 atom stereocenters. The van der Waals surface area contributed by atoms with Crippen LogP contribution in [0, 0.1) is 0 Å². The van der Waals surface area contributed by atoms with Crippen LogP contribution in [-0.4, -0.2) is 26.7 Å². The Morgan fingerprint density at radius 1 is 1.12 bits per heavy atom. The van der Waals surface area contributed by atoms with Crippen molar-refractivity contribution < 1.29 is 0 Å². The molecule has 5 heteroatoms. The molecule has 0 aliphatic rings. The van der Waals surface area contributed by atoms with Crippen LogP contribution in [0.15, 0.2) is 30.9 Å². The van der Waals surface area contributed by atoms with Crippen LogP contribution in [0.3, 0.4) is 0 Å². The van der Waals surface area contributed by atoms with Gasteiger partial charge in [-0.2, -0.15) is 0 Å². The lowest BCUT2D eigenvalue weighted by Gasteiger charge is -2.03. The van der Waals surface area contributed by atoms with Gasteiger partial charge in [0.1, 0.15) is 12.1 Å². The summed E-state index contributed by atoms with van der Waals surface area (Å²) in [5.74, 6) is 0.794. The van der Waals surface area contributed by atoms with Crippen LogP contribution in [0.25, 0.3) is 11.3 Å². The maximum absolute atomic E-state index is 4.11. The van der Waals surface area contributed by atoms with Gasteiger partial charge in [-0.25, -0.2) is 9.97 Å². The summed E-state index contributed by atoms with van der Waals surface area (Å²) >= 11 is 0. The van der Waals surface area contributed by atoms with Crippen LogP contribution >= 0.6 is 0 Å². The predicted octanol–water partition coefficient (Wildman–Crippen LogP) is 1.76. The maximum Gasteiger partial charge on any atom is 0.148 e. The minimum absolute atomic E-state index is 0.780. The molecule has 2 aromatic rings. The molecule has 0 radical (unpaired) electrons. The van der Waals surface area contributed by atoms with Crippen molar-refractivity contribution in [3.63, 3.8) is 0 Å². The molecule has 0 aromatic carbocycles. The highest BCUT2D eigenvalue weighted by Crippen LogP contribution is 2.14. The van der Waals surface area contributed by atoms with E-state index in [0.29, 0.717) is 0 Å². The molecule has 0 bridgehead atoms. The van der Waals surface area contributed by atoms with Crippen LogP contribution in [0.1, 0.15) is 13.3 Å². The molecule has 82 valence electrons. The largest absolute Gasteiger partial charge is 0.369 e. The quantitative estimate of drug-likeness (QED) is 0.841. The lowest BCUT2D eigenvalue weighted by Crippen LogP contribution is -2.02. The zero-order chi connectivity index (χ0) is 11.2. The highest BCUT2D eigenvalue weighted by Gasteiger charge is 2.00. The number of aromatic nitrogens is 4. The van der Waals surface area contributed by atoms with E-state index in [2.05, 4.69) is 32.4 Å². The molecule has 0 saturated carbocycles. The standard InChI is InChI=1S/C11H13N5/c1-2-5-14-11-4-3-10(15-16-11)9-6-12-8-13-7-9/h3-4,6-8H,2,5H2,1H3,(H,14,16). The van der Waals surface area contributed by atoms with Crippen molar-refractivity contribution in [2.75, 3.05) is 11.9 Å². The van der Waals surface area contributed by atoms with Gasteiger partial charge in [-0.1, -0.05) is 6.92 Å². The van der Waals surface area contributed by atoms with E-state index >= 15 is 0 Å². The zero-order valence-electron chi connectivity index (χ0n) is 9.09. The van der Waals surface area contributed by atoms with Gasteiger partial charge in [0.15, 0.2) is 0 Å². The first-order valence-corrected chi connectivity index (χ1v) is 5.23. The minimum atomic E-state index is 0.780. The van der Waals surface area contributed by atoms with Gasteiger partial charge >= 0.3 is 0 Å². The van der Waals surface area contributed by atoms with Crippen LogP contribution in [0.4, 0.5) is 5.82 Å². The molecule has 2 heterocycles. The Kier molecular flexibility index (Phi) is 3.38. The van der Waals surface area contributed by atoms with E-state index in [4.69, 9.17) is 0 Å². The second kappa shape index (κ2) is 5.16. The highest BCUT2D eigenvalue weighted by molar-refractivity contribution is 5.56. The molecule has 0 fully saturated rings. The lowest BCUT2D eigenvalue weighted by molar-refractivity contribution is 0.945. The van der Waals surface area contributed by atoms with Gasteiger partial charge in [-0.15, -0.1) is 10.2 Å². The third-order valence-corrected chi connectivity index (χ3v) is 2.08. The molecule has 0 saturated heterocycles. The maximum atomic E-state index is 4.11. The van der Waals surface area contributed by atoms with E-state index in [9.17, 15) is 0 Å². The number of nitrogens with one attached hydrogen (secondary N) is 1. The Morgan fingerprint density at radius 3 is 2.56 bits per heavy atom. The number of rotatable bonds is 4. The van der Waals surface area contributed by atoms with Crippen molar-refractivity contribution >= 4 is 5.82 Å². The van der Waals surface area contributed by atoms with Gasteiger partial charge in [0.05, 0.1) is 5.69 Å². The van der Waals surface area contributed by atoms with E-state index in [1.165, 1.54) is 6.33 Å². The third-order valence-electron chi connectivity index (χ3n) is 2.08. The lowest BCUT2D eigenvalue weighted by atomic mass is 10.2. The van der Waals surface area contributed by atoms with Crippen molar-refractivity contribution in [3.05, 3.63) is 30.9 Å². The van der Waals surface area contributed by atoms with E-state index in [1.807, 2.05) is 12.1 Å². The summed E-state index contributed by atoms with van der Waals surface area (Å²) in [5.41, 5.74) is 1.65. The summed E-state index contributed by atoms with van der Waals surface area (Å²) < 4.78 is 0. The molecule has 2 rings (SSSR count). The zero-order valence-corrected chi connectivity index (χ0v) is 9.09. The van der Waals surface area contributed by atoms with Gasteiger partial charge in [0.25, 0.3) is 0 Å². The Bertz CT molecular complexity index is 426. The van der Waals surface area contributed by atoms with Gasteiger partial charge in [-0.3, -0.25) is 0 Å². The van der Waals surface area contributed by atoms with E-state index < -0.39 is 0 Å². The SMILES string of the molecule is CCCNc1ccc(-c2cncnc2)nn1. The summed E-state index contributed by atoms with van der Waals surface area (Å²) in [7, 11) is 0. The average Bonchev–Trinajstić information content (AvgIpc) is 2.38. The van der Waals surface area contributed by atoms with Crippen molar-refractivity contribution in [1.29, 1.82) is 0 Å². The number of nitrogens with zero attached hydrogens (tertiary/aromatic N) is 4. The molecule has 0 amide bonds. The Morgan fingerprint density at radius 2 is 1.94 bits per heavy atom. The second-order valence-corrected chi connectivity index (χ2v) is 3.36. The predicted molar refractivity (Wildman–Crippen MR) is 61.8 cm³/mol. The molecule has 0 spiro atoms. The fraction of sp³-hybridized carbons (Fsp3) is 0.273. The van der Waals surface area contributed by atoms with Gasteiger partial charge < -0.3 is 5.32 Å². The molecule has 2 aromatic heterocycles. The summed E-state index contributed by atoms with van der Waals surface area (Å²) in [6.07, 6.45) is 6.00. The molecule has 0 aliphatic heterocycles. The van der Waals surface area contributed by atoms with Gasteiger partial charge in [-0.05, 0) is 18.6 Å². The minimum Gasteiger partial charge on any atom is -0.369 e. The topological polar surface area (TPSA) is 63.6 Å². The fourth-order valence-corrected chi connectivity index (χ4v) is 1.26. The first-order chi connectivity index (χ1) is 7.90. The molecule has 16 heavy (non-hydrogen) atoms. The van der Waals surface area contributed by atoms with E-state index in [0.717, 1.165) is 30.0 Å². The Hall–Kier alpha value is -2.04. The van der Waals surface area contributed by atoms with Gasteiger partial charge in [0, 0.05) is 24.5 Å². The van der Waals surface area contributed by atoms with Crippen molar-refractivity contribution in [2.45, 2.75) is 13.3 Å². The number of hydrogen-bond donors (Lipinski definition) is 1. The highest BCUT2D eigenvalue weighted by atomic mass is 15.2. The number of anilines is 1. The molecule has 0 unspecified atom stereocenters. The summed E-state index contributed by atoms with van der Waals surface area (Å²) in [5, 5.41) is 11.4. The second-order valence-electron chi connectivity index (χ2n) is 3.36. The first-order valence-electron chi connectivity index (χ1n) is 5.23. The van der Waals surface area contributed by atoms with Crippen LogP contribution in [0.5, 0.6) is 0 Å². The summed E-state index contributed by atoms with van der Waals surface area (Å²) in [6.45, 7) is 3.01. The van der Waals surface area contributed by atoms with Crippen LogP contribution in [-0.2, 0) is 0 Å². The van der Waals surface area contributed by atoms with Crippen molar-refractivity contribution in [2.24, 2.45) is 0 Å².